The summed E-state index contributed by atoms with van der Waals surface area (Å²) in [5.41, 5.74) is 10.4. The number of aromatic nitrogens is 3. The van der Waals surface area contributed by atoms with Crippen molar-refractivity contribution in [1.29, 1.82) is 0 Å². The van der Waals surface area contributed by atoms with Crippen LogP contribution in [0.1, 0.15) is 56.9 Å². The van der Waals surface area contributed by atoms with Gasteiger partial charge in [0.05, 0.1) is 17.6 Å². The standard InChI is InChI=1S/C27H33N5O2.2H2/c1-5-18(2)12-13-32-17-22(10-11-26(32)34)24-16-30-19(3)27(31-24)25(33)14-23(28)21-8-6-20(7-9-21)15-29-4;;/h6-11,14,16-18,29H,5,12-13,15,28H2,1-4H3;2*1H/t18-;;/m0../s1. The quantitative estimate of drug-likeness (QED) is 0.340. The Labute approximate surface area is 203 Å². The van der Waals surface area contributed by atoms with Crippen LogP contribution in [0, 0.1) is 12.8 Å². The number of benzene rings is 1. The van der Waals surface area contributed by atoms with Gasteiger partial charge >= 0.3 is 0 Å². The number of rotatable bonds is 10. The first-order valence-corrected chi connectivity index (χ1v) is 11.6. The van der Waals surface area contributed by atoms with Gasteiger partial charge in [-0.05, 0) is 43.5 Å². The van der Waals surface area contributed by atoms with E-state index >= 15 is 0 Å². The molecule has 34 heavy (non-hydrogen) atoms. The lowest BCUT2D eigenvalue weighted by atomic mass is 10.1. The summed E-state index contributed by atoms with van der Waals surface area (Å²) in [5.74, 6) is 0.226. The molecule has 0 radical (unpaired) electrons. The van der Waals surface area contributed by atoms with Crippen LogP contribution in [0.15, 0.2) is 59.7 Å². The zero-order valence-electron chi connectivity index (χ0n) is 20.3. The number of carbonyl (C=O) groups is 1. The molecule has 0 saturated heterocycles. The highest BCUT2D eigenvalue weighted by Gasteiger charge is 2.14. The lowest BCUT2D eigenvalue weighted by molar-refractivity contribution is 0.104. The van der Waals surface area contributed by atoms with Crippen LogP contribution >= 0.6 is 0 Å². The predicted octanol–water partition coefficient (Wildman–Crippen LogP) is 4.44. The van der Waals surface area contributed by atoms with Crippen molar-refractivity contribution in [1.82, 2.24) is 19.9 Å². The molecule has 3 rings (SSSR count). The van der Waals surface area contributed by atoms with E-state index in [0.717, 1.165) is 36.1 Å². The molecule has 1 atom stereocenters. The van der Waals surface area contributed by atoms with Crippen LogP contribution < -0.4 is 16.6 Å². The molecule has 182 valence electrons. The number of hydrogen-bond donors (Lipinski definition) is 2. The van der Waals surface area contributed by atoms with E-state index in [1.165, 1.54) is 12.1 Å². The maximum absolute atomic E-state index is 13.0. The predicted molar refractivity (Wildman–Crippen MR) is 140 cm³/mol. The Bertz CT molecular complexity index is 1240. The lowest BCUT2D eigenvalue weighted by Gasteiger charge is -2.12. The molecule has 3 aromatic rings. The van der Waals surface area contributed by atoms with E-state index in [9.17, 15) is 9.59 Å². The Hall–Kier alpha value is -3.58. The molecular formula is C27H37N5O2. The van der Waals surface area contributed by atoms with Crippen LogP contribution in [0.2, 0.25) is 0 Å². The number of pyridine rings is 1. The first-order valence-electron chi connectivity index (χ1n) is 11.6. The van der Waals surface area contributed by atoms with Gasteiger partial charge in [0.15, 0.2) is 0 Å². The minimum absolute atomic E-state index is 0. The van der Waals surface area contributed by atoms with Crippen LogP contribution in [-0.4, -0.2) is 27.4 Å². The summed E-state index contributed by atoms with van der Waals surface area (Å²) in [4.78, 5) is 34.3. The second-order valence-corrected chi connectivity index (χ2v) is 8.63. The normalized spacial score (nSPS) is 12.5. The molecule has 0 aliphatic heterocycles. The fourth-order valence-electron chi connectivity index (χ4n) is 3.56. The zero-order chi connectivity index (χ0) is 24.7. The third-order valence-electron chi connectivity index (χ3n) is 5.98. The monoisotopic (exact) mass is 463 g/mol. The molecular weight excluding hydrogens is 426 g/mol. The van der Waals surface area contributed by atoms with Crippen LogP contribution in [0.3, 0.4) is 0 Å². The number of nitrogens with two attached hydrogens (primary N) is 1. The Morgan fingerprint density at radius 1 is 1.24 bits per heavy atom. The highest BCUT2D eigenvalue weighted by Crippen LogP contribution is 2.19. The Kier molecular flexibility index (Phi) is 8.49. The zero-order valence-corrected chi connectivity index (χ0v) is 20.3. The Morgan fingerprint density at radius 3 is 2.65 bits per heavy atom. The van der Waals surface area contributed by atoms with Crippen LogP contribution in [0.5, 0.6) is 0 Å². The molecule has 0 fully saturated rings. The van der Waals surface area contributed by atoms with Crippen molar-refractivity contribution in [2.45, 2.75) is 46.7 Å². The van der Waals surface area contributed by atoms with Gasteiger partial charge in [0.2, 0.25) is 5.78 Å². The first kappa shape index (κ1) is 25.1. The fraction of sp³-hybridized carbons (Fsp3) is 0.333. The molecule has 2 heterocycles. The van der Waals surface area contributed by atoms with Crippen molar-refractivity contribution < 1.29 is 7.65 Å². The third kappa shape index (κ3) is 6.26. The van der Waals surface area contributed by atoms with E-state index in [1.807, 2.05) is 31.3 Å². The SMILES string of the molecule is CC[C@H](C)CCn1cc(-c2cnc(C)c(C(=O)C=C(N)c3ccc(CNC)cc3)n2)ccc1=O.[HH].[HH]. The summed E-state index contributed by atoms with van der Waals surface area (Å²) in [7, 11) is 1.89. The van der Waals surface area contributed by atoms with E-state index in [1.54, 1.807) is 30.0 Å². The molecule has 0 unspecified atom stereocenters. The Morgan fingerprint density at radius 2 is 1.97 bits per heavy atom. The van der Waals surface area contributed by atoms with Crippen LogP contribution in [0.25, 0.3) is 17.0 Å². The molecule has 2 aromatic heterocycles. The van der Waals surface area contributed by atoms with Crippen molar-refractivity contribution >= 4 is 11.5 Å². The van der Waals surface area contributed by atoms with Gasteiger partial charge in [0.25, 0.3) is 5.56 Å². The minimum Gasteiger partial charge on any atom is -0.398 e. The number of aryl methyl sites for hydroxylation is 2. The summed E-state index contributed by atoms with van der Waals surface area (Å²) >= 11 is 0. The lowest BCUT2D eigenvalue weighted by Crippen LogP contribution is -2.19. The maximum atomic E-state index is 13.0. The van der Waals surface area contributed by atoms with Crippen molar-refractivity contribution in [2.24, 2.45) is 11.7 Å². The summed E-state index contributed by atoms with van der Waals surface area (Å²) in [5, 5.41) is 3.10. The number of carbonyl (C=O) groups excluding carboxylic acids is 1. The number of nitrogens with one attached hydrogen (secondary N) is 1. The smallest absolute Gasteiger partial charge is 0.250 e. The van der Waals surface area contributed by atoms with Gasteiger partial charge in [-0.2, -0.15) is 0 Å². The molecule has 3 N–H and O–H groups in total. The highest BCUT2D eigenvalue weighted by molar-refractivity contribution is 6.07. The minimum atomic E-state index is -0.311. The third-order valence-corrected chi connectivity index (χ3v) is 5.98. The second kappa shape index (κ2) is 11.5. The van der Waals surface area contributed by atoms with Crippen molar-refractivity contribution in [3.63, 3.8) is 0 Å². The number of hydrogen-bond acceptors (Lipinski definition) is 6. The summed E-state index contributed by atoms with van der Waals surface area (Å²) < 4.78 is 1.69. The van der Waals surface area contributed by atoms with Gasteiger partial charge in [-0.3, -0.25) is 14.6 Å². The van der Waals surface area contributed by atoms with E-state index < -0.39 is 0 Å². The molecule has 0 saturated carbocycles. The van der Waals surface area contributed by atoms with E-state index in [2.05, 4.69) is 29.1 Å². The number of nitrogens with zero attached hydrogens (tertiary/aromatic N) is 3. The van der Waals surface area contributed by atoms with Crippen LogP contribution in [0.4, 0.5) is 0 Å². The van der Waals surface area contributed by atoms with Crippen LogP contribution in [-0.2, 0) is 13.1 Å². The molecule has 0 spiro atoms. The molecule has 0 bridgehead atoms. The second-order valence-electron chi connectivity index (χ2n) is 8.63. The average molecular weight is 464 g/mol. The van der Waals surface area contributed by atoms with Gasteiger partial charge in [0, 0.05) is 45.5 Å². The average Bonchev–Trinajstić information content (AvgIpc) is 2.84. The highest BCUT2D eigenvalue weighted by atomic mass is 16.1. The summed E-state index contributed by atoms with van der Waals surface area (Å²) in [6, 6.07) is 11.0. The van der Waals surface area contributed by atoms with Gasteiger partial charge in [-0.15, -0.1) is 0 Å². The molecule has 7 heteroatoms. The molecule has 0 aliphatic carbocycles. The van der Waals surface area contributed by atoms with E-state index in [-0.39, 0.29) is 19.9 Å². The Balaban J connectivity index is 0.00000324. The van der Waals surface area contributed by atoms with Gasteiger partial charge in [-0.1, -0.05) is 44.5 Å². The van der Waals surface area contributed by atoms with E-state index in [4.69, 9.17) is 5.73 Å². The van der Waals surface area contributed by atoms with Gasteiger partial charge < -0.3 is 15.6 Å². The molecule has 0 amide bonds. The largest absolute Gasteiger partial charge is 0.398 e. The van der Waals surface area contributed by atoms with Crippen molar-refractivity contribution in [2.75, 3.05) is 7.05 Å². The van der Waals surface area contributed by atoms with Crippen molar-refractivity contribution in [3.05, 3.63) is 87.7 Å². The molecule has 7 nitrogen and oxygen atoms in total. The summed E-state index contributed by atoms with van der Waals surface area (Å²) in [6.45, 7) is 7.46. The number of allylic oxidation sites excluding steroid dienone is 1. The van der Waals surface area contributed by atoms with Gasteiger partial charge in [0.1, 0.15) is 5.69 Å². The van der Waals surface area contributed by atoms with Gasteiger partial charge in [-0.25, -0.2) is 4.98 Å². The van der Waals surface area contributed by atoms with E-state index in [0.29, 0.717) is 29.5 Å². The molecule has 1 aromatic carbocycles. The first-order chi connectivity index (χ1) is 16.3. The summed E-state index contributed by atoms with van der Waals surface area (Å²) in [6.07, 6.45) is 6.79. The maximum Gasteiger partial charge on any atom is 0.250 e. The topological polar surface area (TPSA) is 103 Å². The molecule has 0 aliphatic rings. The van der Waals surface area contributed by atoms with Crippen molar-refractivity contribution in [3.8, 4) is 11.3 Å². The number of ketones is 1. The fourth-order valence-corrected chi connectivity index (χ4v) is 3.56.